The summed E-state index contributed by atoms with van der Waals surface area (Å²) in [5, 5.41) is 3.69. The summed E-state index contributed by atoms with van der Waals surface area (Å²) in [7, 11) is 1.75. The van der Waals surface area contributed by atoms with E-state index in [0.717, 1.165) is 16.9 Å². The number of nitrogens with one attached hydrogen (secondary N) is 1. The van der Waals surface area contributed by atoms with Crippen molar-refractivity contribution in [1.29, 1.82) is 0 Å². The van der Waals surface area contributed by atoms with Crippen molar-refractivity contribution in [3.05, 3.63) is 29.5 Å². The molecule has 0 atom stereocenters. The van der Waals surface area contributed by atoms with E-state index in [1.807, 2.05) is 20.8 Å². The van der Waals surface area contributed by atoms with E-state index in [-0.39, 0.29) is 11.7 Å². The number of fused-ring (bicyclic) bond motifs is 1. The van der Waals surface area contributed by atoms with Crippen molar-refractivity contribution in [2.45, 2.75) is 33.1 Å². The van der Waals surface area contributed by atoms with Crippen molar-refractivity contribution in [2.24, 2.45) is 0 Å². The number of anilines is 1. The summed E-state index contributed by atoms with van der Waals surface area (Å²) >= 11 is 0. The Kier molecular flexibility index (Phi) is 3.98. The number of aromatic nitrogens is 1. The summed E-state index contributed by atoms with van der Waals surface area (Å²) in [5.74, 6) is -0.0385. The molecule has 2 aromatic rings. The van der Waals surface area contributed by atoms with Gasteiger partial charge in [-0.05, 0) is 36.6 Å². The van der Waals surface area contributed by atoms with Gasteiger partial charge >= 0.3 is 6.36 Å². The Labute approximate surface area is 121 Å². The topological polar surface area (TPSA) is 34.2 Å². The highest BCUT2D eigenvalue weighted by atomic mass is 19.4. The quantitative estimate of drug-likeness (QED) is 0.898. The second-order valence-electron chi connectivity index (χ2n) is 5.12. The number of rotatable bonds is 3. The normalized spacial score (nSPS) is 12.0. The fourth-order valence-corrected chi connectivity index (χ4v) is 2.55. The second kappa shape index (κ2) is 5.42. The Morgan fingerprint density at radius 3 is 2.43 bits per heavy atom. The van der Waals surface area contributed by atoms with Crippen LogP contribution in [0.1, 0.15) is 31.0 Å². The Morgan fingerprint density at radius 1 is 1.24 bits per heavy atom. The SMILES string of the molecule is CNc1c(C(C)C)c(C)nc2ccc(OC(F)(F)F)cc12. The lowest BCUT2D eigenvalue weighted by Gasteiger charge is -2.18. The minimum atomic E-state index is -4.70. The standard InChI is InChI=1S/C15H17F3N2O/c1-8(2)13-9(3)20-12-6-5-10(21-15(16,17)18)7-11(12)14(13)19-4/h5-8H,1-4H3,(H,19,20). The van der Waals surface area contributed by atoms with Crippen molar-refractivity contribution in [3.63, 3.8) is 0 Å². The molecule has 0 aliphatic heterocycles. The first kappa shape index (κ1) is 15.4. The van der Waals surface area contributed by atoms with Crippen LogP contribution in [0.5, 0.6) is 5.75 Å². The monoisotopic (exact) mass is 298 g/mol. The van der Waals surface area contributed by atoms with Gasteiger partial charge in [0.2, 0.25) is 0 Å². The van der Waals surface area contributed by atoms with Gasteiger partial charge in [-0.1, -0.05) is 13.8 Å². The molecule has 0 unspecified atom stereocenters. The number of hydrogen-bond donors (Lipinski definition) is 1. The largest absolute Gasteiger partial charge is 0.573 e. The van der Waals surface area contributed by atoms with Gasteiger partial charge in [-0.15, -0.1) is 13.2 Å². The lowest BCUT2D eigenvalue weighted by atomic mass is 9.96. The van der Waals surface area contributed by atoms with Gasteiger partial charge in [0.05, 0.1) is 5.52 Å². The summed E-state index contributed by atoms with van der Waals surface area (Å²) < 4.78 is 41.0. The molecule has 6 heteroatoms. The zero-order valence-electron chi connectivity index (χ0n) is 12.3. The number of halogens is 3. The lowest BCUT2D eigenvalue weighted by molar-refractivity contribution is -0.274. The van der Waals surface area contributed by atoms with Crippen molar-refractivity contribution < 1.29 is 17.9 Å². The lowest BCUT2D eigenvalue weighted by Crippen LogP contribution is -2.17. The number of aryl methyl sites for hydroxylation is 1. The third-order valence-electron chi connectivity index (χ3n) is 3.25. The Hall–Kier alpha value is -1.98. The number of nitrogens with zero attached hydrogens (tertiary/aromatic N) is 1. The maximum atomic E-state index is 12.3. The molecule has 1 N–H and O–H groups in total. The number of pyridine rings is 1. The predicted molar refractivity (Wildman–Crippen MR) is 76.8 cm³/mol. The van der Waals surface area contributed by atoms with Gasteiger partial charge in [0.25, 0.3) is 0 Å². The summed E-state index contributed by atoms with van der Waals surface area (Å²) in [6.45, 7) is 5.94. The smallest absolute Gasteiger partial charge is 0.406 e. The Morgan fingerprint density at radius 2 is 1.90 bits per heavy atom. The third kappa shape index (κ3) is 3.20. The highest BCUT2D eigenvalue weighted by Crippen LogP contribution is 2.35. The maximum Gasteiger partial charge on any atom is 0.573 e. The minimum Gasteiger partial charge on any atom is -0.406 e. The molecule has 0 bridgehead atoms. The molecular weight excluding hydrogens is 281 g/mol. The summed E-state index contributed by atoms with van der Waals surface area (Å²) in [6, 6.07) is 4.18. The van der Waals surface area contributed by atoms with E-state index in [9.17, 15) is 13.2 Å². The van der Waals surface area contributed by atoms with Crippen LogP contribution in [-0.4, -0.2) is 18.4 Å². The van der Waals surface area contributed by atoms with Crippen LogP contribution in [0, 0.1) is 6.92 Å². The van der Waals surface area contributed by atoms with Crippen LogP contribution in [0.15, 0.2) is 18.2 Å². The molecule has 2 rings (SSSR count). The molecule has 21 heavy (non-hydrogen) atoms. The van der Waals surface area contributed by atoms with Crippen LogP contribution in [0.25, 0.3) is 10.9 Å². The van der Waals surface area contributed by atoms with Gasteiger partial charge in [-0.25, -0.2) is 0 Å². The van der Waals surface area contributed by atoms with Gasteiger partial charge < -0.3 is 10.1 Å². The van der Waals surface area contributed by atoms with Gasteiger partial charge in [0.1, 0.15) is 5.75 Å². The fourth-order valence-electron chi connectivity index (χ4n) is 2.55. The van der Waals surface area contributed by atoms with Crippen LogP contribution >= 0.6 is 0 Å². The van der Waals surface area contributed by atoms with E-state index in [2.05, 4.69) is 15.0 Å². The van der Waals surface area contributed by atoms with Crippen LogP contribution in [0.4, 0.5) is 18.9 Å². The molecular formula is C15H17F3N2O. The van der Waals surface area contributed by atoms with Gasteiger partial charge in [0, 0.05) is 23.8 Å². The van der Waals surface area contributed by atoms with Crippen LogP contribution in [0.3, 0.4) is 0 Å². The van der Waals surface area contributed by atoms with Crippen molar-refractivity contribution in [3.8, 4) is 5.75 Å². The molecule has 0 saturated carbocycles. The van der Waals surface area contributed by atoms with Crippen molar-refractivity contribution in [2.75, 3.05) is 12.4 Å². The predicted octanol–water partition coefficient (Wildman–Crippen LogP) is 4.61. The molecule has 3 nitrogen and oxygen atoms in total. The number of ether oxygens (including phenoxy) is 1. The van der Waals surface area contributed by atoms with E-state index in [1.165, 1.54) is 18.2 Å². The van der Waals surface area contributed by atoms with Crippen molar-refractivity contribution >= 4 is 16.6 Å². The molecule has 0 amide bonds. The first-order valence-electron chi connectivity index (χ1n) is 6.60. The second-order valence-corrected chi connectivity index (χ2v) is 5.12. The number of benzene rings is 1. The Bertz CT molecular complexity index is 666. The van der Waals surface area contributed by atoms with Crippen LogP contribution in [-0.2, 0) is 0 Å². The molecule has 0 spiro atoms. The molecule has 1 aromatic heterocycles. The molecule has 1 aromatic carbocycles. The first-order chi connectivity index (χ1) is 9.73. The molecule has 0 aliphatic rings. The van der Waals surface area contributed by atoms with Crippen LogP contribution < -0.4 is 10.1 Å². The highest BCUT2D eigenvalue weighted by Gasteiger charge is 2.31. The highest BCUT2D eigenvalue weighted by molar-refractivity contribution is 5.94. The summed E-state index contributed by atoms with van der Waals surface area (Å²) in [6.07, 6.45) is -4.70. The van der Waals surface area contributed by atoms with Gasteiger partial charge in [-0.2, -0.15) is 0 Å². The fraction of sp³-hybridized carbons (Fsp3) is 0.400. The van der Waals surface area contributed by atoms with Gasteiger partial charge in [-0.3, -0.25) is 4.98 Å². The van der Waals surface area contributed by atoms with Crippen molar-refractivity contribution in [1.82, 2.24) is 4.98 Å². The van der Waals surface area contributed by atoms with Gasteiger partial charge in [0.15, 0.2) is 0 Å². The molecule has 0 fully saturated rings. The van der Waals surface area contributed by atoms with E-state index in [4.69, 9.17) is 0 Å². The van der Waals surface area contributed by atoms with E-state index >= 15 is 0 Å². The zero-order chi connectivity index (χ0) is 15.8. The average molecular weight is 298 g/mol. The zero-order valence-corrected chi connectivity index (χ0v) is 12.3. The minimum absolute atomic E-state index is 0.205. The summed E-state index contributed by atoms with van der Waals surface area (Å²) in [5.41, 5.74) is 3.29. The molecule has 0 saturated heterocycles. The molecule has 0 radical (unpaired) electrons. The van der Waals surface area contributed by atoms with Crippen LogP contribution in [0.2, 0.25) is 0 Å². The molecule has 1 heterocycles. The summed E-state index contributed by atoms with van der Waals surface area (Å²) in [4.78, 5) is 4.47. The first-order valence-corrected chi connectivity index (χ1v) is 6.60. The van der Waals surface area contributed by atoms with E-state index in [1.54, 1.807) is 7.05 Å². The number of hydrogen-bond acceptors (Lipinski definition) is 3. The van der Waals surface area contributed by atoms with E-state index in [0.29, 0.717) is 10.9 Å². The average Bonchev–Trinajstić information content (AvgIpc) is 2.35. The number of alkyl halides is 3. The molecule has 0 aliphatic carbocycles. The maximum absolute atomic E-state index is 12.3. The third-order valence-corrected chi connectivity index (χ3v) is 3.25. The Balaban J connectivity index is 2.67. The molecule has 114 valence electrons. The van der Waals surface area contributed by atoms with E-state index < -0.39 is 6.36 Å².